The summed E-state index contributed by atoms with van der Waals surface area (Å²) in [6, 6.07) is 8.72. The Labute approximate surface area is 115 Å². The second kappa shape index (κ2) is 5.91. The summed E-state index contributed by atoms with van der Waals surface area (Å²) in [7, 11) is 0. The van der Waals surface area contributed by atoms with Crippen LogP contribution in [-0.4, -0.2) is 9.55 Å². The molecule has 102 valence electrons. The van der Waals surface area contributed by atoms with Gasteiger partial charge in [0, 0.05) is 6.04 Å². The molecule has 19 heavy (non-hydrogen) atoms. The summed E-state index contributed by atoms with van der Waals surface area (Å²) in [6.45, 7) is 9.22. The number of aromatic nitrogens is 2. The molecular formula is C16H22N2O. The molecule has 2 rings (SSSR count). The largest absolute Gasteiger partial charge is 0.487 e. The quantitative estimate of drug-likeness (QED) is 0.805. The summed E-state index contributed by atoms with van der Waals surface area (Å²) >= 11 is 0. The Kier molecular flexibility index (Phi) is 4.25. The van der Waals surface area contributed by atoms with Crippen molar-refractivity contribution in [3.63, 3.8) is 0 Å². The molecule has 1 aromatic carbocycles. The van der Waals surface area contributed by atoms with E-state index in [4.69, 9.17) is 4.74 Å². The van der Waals surface area contributed by atoms with Gasteiger partial charge < -0.3 is 9.30 Å². The molecule has 0 N–H and O–H groups in total. The van der Waals surface area contributed by atoms with E-state index in [1.165, 1.54) is 5.56 Å². The van der Waals surface area contributed by atoms with Crippen molar-refractivity contribution in [1.29, 1.82) is 0 Å². The first-order chi connectivity index (χ1) is 9.08. The number of hydrogen-bond acceptors (Lipinski definition) is 2. The monoisotopic (exact) mass is 258 g/mol. The minimum atomic E-state index is 0.407. The van der Waals surface area contributed by atoms with Gasteiger partial charge in [0.1, 0.15) is 12.4 Å². The van der Waals surface area contributed by atoms with Crippen molar-refractivity contribution in [2.75, 3.05) is 0 Å². The summed E-state index contributed by atoms with van der Waals surface area (Å²) in [6.07, 6.45) is 3.72. The number of nitrogens with zero attached hydrogens (tertiary/aromatic N) is 2. The van der Waals surface area contributed by atoms with Gasteiger partial charge in [0.2, 0.25) is 0 Å². The van der Waals surface area contributed by atoms with Gasteiger partial charge in [-0.2, -0.15) is 0 Å². The Morgan fingerprint density at radius 1 is 1.11 bits per heavy atom. The van der Waals surface area contributed by atoms with Crippen LogP contribution in [0.5, 0.6) is 5.75 Å². The first-order valence-electron chi connectivity index (χ1n) is 6.81. The van der Waals surface area contributed by atoms with Crippen molar-refractivity contribution >= 4 is 0 Å². The number of ether oxygens (including phenoxy) is 1. The summed E-state index contributed by atoms with van der Waals surface area (Å²) in [5, 5.41) is 0. The third-order valence-corrected chi connectivity index (χ3v) is 3.24. The van der Waals surface area contributed by atoms with Crippen molar-refractivity contribution in [1.82, 2.24) is 9.55 Å². The second-order valence-electron chi connectivity index (χ2n) is 5.40. The van der Waals surface area contributed by atoms with Crippen LogP contribution in [0.2, 0.25) is 0 Å². The third-order valence-electron chi connectivity index (χ3n) is 3.24. The Morgan fingerprint density at radius 3 is 2.37 bits per heavy atom. The standard InChI is InChI=1S/C16H22N2O/c1-12(2)14-5-7-16(8-6-14)19-10-15-9-17-11-18(15)13(3)4/h5-9,11-13H,10H2,1-4H3. The molecule has 3 heteroatoms. The third kappa shape index (κ3) is 3.37. The zero-order valence-corrected chi connectivity index (χ0v) is 12.1. The van der Waals surface area contributed by atoms with E-state index in [9.17, 15) is 0 Å². The van der Waals surface area contributed by atoms with Crippen LogP contribution in [0, 0.1) is 0 Å². The lowest BCUT2D eigenvalue weighted by molar-refractivity contribution is 0.292. The van der Waals surface area contributed by atoms with Crippen LogP contribution < -0.4 is 4.74 Å². The molecule has 0 radical (unpaired) electrons. The van der Waals surface area contributed by atoms with Crippen LogP contribution in [0.25, 0.3) is 0 Å². The molecule has 0 unspecified atom stereocenters. The van der Waals surface area contributed by atoms with E-state index in [-0.39, 0.29) is 0 Å². The van der Waals surface area contributed by atoms with Gasteiger partial charge in [0.05, 0.1) is 18.2 Å². The molecular weight excluding hydrogens is 236 g/mol. The van der Waals surface area contributed by atoms with Gasteiger partial charge in [0.25, 0.3) is 0 Å². The average Bonchev–Trinajstić information content (AvgIpc) is 2.85. The zero-order chi connectivity index (χ0) is 13.8. The van der Waals surface area contributed by atoms with Gasteiger partial charge in [0.15, 0.2) is 0 Å². The van der Waals surface area contributed by atoms with E-state index < -0.39 is 0 Å². The number of imidazole rings is 1. The Bertz CT molecular complexity index is 512. The Balaban J connectivity index is 2.00. The van der Waals surface area contributed by atoms with Crippen molar-refractivity contribution < 1.29 is 4.74 Å². The van der Waals surface area contributed by atoms with Gasteiger partial charge in [-0.3, -0.25) is 0 Å². The van der Waals surface area contributed by atoms with Gasteiger partial charge in [-0.15, -0.1) is 0 Å². The van der Waals surface area contributed by atoms with Gasteiger partial charge >= 0.3 is 0 Å². The maximum atomic E-state index is 5.82. The predicted octanol–water partition coefficient (Wildman–Crippen LogP) is 4.17. The molecule has 1 aromatic heterocycles. The van der Waals surface area contributed by atoms with E-state index in [1.807, 2.05) is 24.7 Å². The molecule has 0 atom stereocenters. The minimum Gasteiger partial charge on any atom is -0.487 e. The predicted molar refractivity (Wildman–Crippen MR) is 77.5 cm³/mol. The zero-order valence-electron chi connectivity index (χ0n) is 12.1. The van der Waals surface area contributed by atoms with Gasteiger partial charge in [-0.25, -0.2) is 4.98 Å². The van der Waals surface area contributed by atoms with Crippen molar-refractivity contribution in [2.45, 2.75) is 46.3 Å². The molecule has 1 heterocycles. The normalized spacial score (nSPS) is 11.3. The fourth-order valence-electron chi connectivity index (χ4n) is 2.02. The molecule has 0 aliphatic rings. The van der Waals surface area contributed by atoms with E-state index >= 15 is 0 Å². The number of hydrogen-bond donors (Lipinski definition) is 0. The Morgan fingerprint density at radius 2 is 1.79 bits per heavy atom. The fraction of sp³-hybridized carbons (Fsp3) is 0.438. The van der Waals surface area contributed by atoms with Crippen LogP contribution >= 0.6 is 0 Å². The molecule has 0 amide bonds. The molecule has 0 aliphatic carbocycles. The van der Waals surface area contributed by atoms with Gasteiger partial charge in [-0.1, -0.05) is 26.0 Å². The summed E-state index contributed by atoms with van der Waals surface area (Å²) < 4.78 is 7.94. The van der Waals surface area contributed by atoms with Crippen LogP contribution in [-0.2, 0) is 6.61 Å². The van der Waals surface area contributed by atoms with Crippen molar-refractivity contribution in [2.24, 2.45) is 0 Å². The lowest BCUT2D eigenvalue weighted by Crippen LogP contribution is -2.07. The molecule has 0 aliphatic heterocycles. The lowest BCUT2D eigenvalue weighted by atomic mass is 10.0. The van der Waals surface area contributed by atoms with E-state index in [2.05, 4.69) is 49.4 Å². The minimum absolute atomic E-state index is 0.407. The van der Waals surface area contributed by atoms with Crippen LogP contribution in [0.15, 0.2) is 36.8 Å². The number of rotatable bonds is 5. The fourth-order valence-corrected chi connectivity index (χ4v) is 2.02. The highest BCUT2D eigenvalue weighted by Crippen LogP contribution is 2.19. The summed E-state index contributed by atoms with van der Waals surface area (Å²) in [4.78, 5) is 4.18. The molecule has 3 nitrogen and oxygen atoms in total. The lowest BCUT2D eigenvalue weighted by Gasteiger charge is -2.13. The average molecular weight is 258 g/mol. The molecule has 0 fully saturated rings. The summed E-state index contributed by atoms with van der Waals surface area (Å²) in [5.41, 5.74) is 2.43. The van der Waals surface area contributed by atoms with Gasteiger partial charge in [-0.05, 0) is 37.5 Å². The molecule has 2 aromatic rings. The van der Waals surface area contributed by atoms with Crippen LogP contribution in [0.1, 0.15) is 50.9 Å². The second-order valence-corrected chi connectivity index (χ2v) is 5.40. The highest BCUT2D eigenvalue weighted by molar-refractivity contribution is 5.29. The van der Waals surface area contributed by atoms with E-state index in [0.717, 1.165) is 11.4 Å². The van der Waals surface area contributed by atoms with Crippen molar-refractivity contribution in [3.8, 4) is 5.75 Å². The molecule has 0 bridgehead atoms. The smallest absolute Gasteiger partial charge is 0.130 e. The summed E-state index contributed by atoms with van der Waals surface area (Å²) in [5.74, 6) is 1.46. The Hall–Kier alpha value is -1.77. The van der Waals surface area contributed by atoms with Crippen LogP contribution in [0.4, 0.5) is 0 Å². The SMILES string of the molecule is CC(C)c1ccc(OCc2cncn2C(C)C)cc1. The first-order valence-corrected chi connectivity index (χ1v) is 6.81. The van der Waals surface area contributed by atoms with E-state index in [0.29, 0.717) is 18.6 Å². The van der Waals surface area contributed by atoms with Crippen LogP contribution in [0.3, 0.4) is 0 Å². The molecule has 0 saturated heterocycles. The number of benzene rings is 1. The van der Waals surface area contributed by atoms with Crippen molar-refractivity contribution in [3.05, 3.63) is 48.0 Å². The maximum absolute atomic E-state index is 5.82. The maximum Gasteiger partial charge on any atom is 0.130 e. The highest BCUT2D eigenvalue weighted by Gasteiger charge is 2.06. The molecule has 0 spiro atoms. The highest BCUT2D eigenvalue weighted by atomic mass is 16.5. The topological polar surface area (TPSA) is 27.1 Å². The molecule has 0 saturated carbocycles. The first kappa shape index (κ1) is 13.7. The van der Waals surface area contributed by atoms with E-state index in [1.54, 1.807) is 0 Å².